The summed E-state index contributed by atoms with van der Waals surface area (Å²) in [7, 11) is 2.11. The number of nitrogens with zero attached hydrogens (tertiary/aromatic N) is 1. The van der Waals surface area contributed by atoms with Crippen LogP contribution in [0, 0.1) is 10.8 Å². The molecule has 28 heavy (non-hydrogen) atoms. The van der Waals surface area contributed by atoms with Crippen molar-refractivity contribution in [2.24, 2.45) is 10.8 Å². The molecule has 0 saturated carbocycles. The molecule has 2 unspecified atom stereocenters. The number of aliphatic hydroxyl groups is 2. The van der Waals surface area contributed by atoms with E-state index in [1.54, 1.807) is 0 Å². The summed E-state index contributed by atoms with van der Waals surface area (Å²) in [5, 5.41) is 20.8. The molecule has 0 spiro atoms. The van der Waals surface area contributed by atoms with Crippen molar-refractivity contribution in [2.45, 2.75) is 66.8 Å². The van der Waals surface area contributed by atoms with E-state index in [-0.39, 0.29) is 10.8 Å². The molecule has 2 aromatic rings. The van der Waals surface area contributed by atoms with Gasteiger partial charge in [0.1, 0.15) is 0 Å². The van der Waals surface area contributed by atoms with Gasteiger partial charge in [-0.05, 0) is 40.1 Å². The Kier molecular flexibility index (Phi) is 7.08. The lowest BCUT2D eigenvalue weighted by Gasteiger charge is -2.26. The maximum atomic E-state index is 10.4. The maximum Gasteiger partial charge on any atom is 0.0838 e. The van der Waals surface area contributed by atoms with Crippen LogP contribution in [0.3, 0.4) is 0 Å². The zero-order chi connectivity index (χ0) is 21.1. The van der Waals surface area contributed by atoms with Crippen LogP contribution in [0.1, 0.15) is 76.0 Å². The van der Waals surface area contributed by atoms with E-state index in [9.17, 15) is 10.2 Å². The van der Waals surface area contributed by atoms with E-state index < -0.39 is 12.2 Å². The summed E-state index contributed by atoms with van der Waals surface area (Å²) in [6, 6.07) is 16.5. The summed E-state index contributed by atoms with van der Waals surface area (Å²) in [6.07, 6.45) is -0.914. The van der Waals surface area contributed by atoms with E-state index in [1.165, 1.54) is 11.1 Å². The molecule has 2 N–H and O–H groups in total. The molecular weight excluding hydrogens is 346 g/mol. The molecule has 3 nitrogen and oxygen atoms in total. The van der Waals surface area contributed by atoms with E-state index in [2.05, 4.69) is 36.2 Å². The highest BCUT2D eigenvalue weighted by Crippen LogP contribution is 2.33. The summed E-state index contributed by atoms with van der Waals surface area (Å²) in [4.78, 5) is 2.27. The molecule has 0 radical (unpaired) electrons. The molecule has 0 aliphatic rings. The second-order valence-electron chi connectivity index (χ2n) is 10.2. The van der Waals surface area contributed by atoms with Crippen molar-refractivity contribution in [3.63, 3.8) is 0 Å². The Morgan fingerprint density at radius 2 is 0.929 bits per heavy atom. The molecule has 0 fully saturated rings. The fourth-order valence-electron chi connectivity index (χ4n) is 3.29. The predicted molar refractivity (Wildman–Crippen MR) is 117 cm³/mol. The van der Waals surface area contributed by atoms with Crippen LogP contribution in [0.4, 0.5) is 0 Å². The zero-order valence-corrected chi connectivity index (χ0v) is 18.5. The van der Waals surface area contributed by atoms with Gasteiger partial charge in [0.05, 0.1) is 12.2 Å². The Morgan fingerprint density at radius 3 is 1.18 bits per heavy atom. The Labute approximate surface area is 171 Å². The molecule has 3 heteroatoms. The maximum absolute atomic E-state index is 10.4. The number of benzene rings is 2. The number of rotatable bonds is 6. The second-order valence-corrected chi connectivity index (χ2v) is 10.2. The third kappa shape index (κ3) is 6.16. The summed E-state index contributed by atoms with van der Waals surface area (Å²) in [6.45, 7) is 14.0. The molecule has 2 aromatic carbocycles. The molecular formula is C25H37NO2. The lowest BCUT2D eigenvalue weighted by Crippen LogP contribution is -2.19. The van der Waals surface area contributed by atoms with Gasteiger partial charge in [-0.2, -0.15) is 0 Å². The largest absolute Gasteiger partial charge is 0.388 e. The Balaban J connectivity index is 1.96. The minimum atomic E-state index is -0.457. The first kappa shape index (κ1) is 22.6. The fourth-order valence-corrected chi connectivity index (χ4v) is 3.29. The molecule has 0 saturated heterocycles. The van der Waals surface area contributed by atoms with Crippen LogP contribution in [0.15, 0.2) is 48.5 Å². The topological polar surface area (TPSA) is 43.7 Å². The first-order valence-corrected chi connectivity index (χ1v) is 10.1. The quantitative estimate of drug-likeness (QED) is 0.694. The molecule has 2 atom stereocenters. The van der Waals surface area contributed by atoms with Crippen molar-refractivity contribution >= 4 is 0 Å². The van der Waals surface area contributed by atoms with Gasteiger partial charge in [-0.3, -0.25) is 4.90 Å². The highest BCUT2D eigenvalue weighted by atomic mass is 16.3. The van der Waals surface area contributed by atoms with Crippen molar-refractivity contribution in [1.29, 1.82) is 0 Å². The molecule has 154 valence electrons. The van der Waals surface area contributed by atoms with E-state index in [1.807, 2.05) is 65.8 Å². The minimum Gasteiger partial charge on any atom is -0.388 e. The summed E-state index contributed by atoms with van der Waals surface area (Å²) < 4.78 is 0. The van der Waals surface area contributed by atoms with Crippen LogP contribution in [0.5, 0.6) is 0 Å². The minimum absolute atomic E-state index is 0.162. The predicted octanol–water partition coefficient (Wildman–Crippen LogP) is 5.48. The molecule has 0 aliphatic heterocycles. The average molecular weight is 384 g/mol. The van der Waals surface area contributed by atoms with Crippen LogP contribution in [-0.2, 0) is 13.1 Å². The Morgan fingerprint density at radius 1 is 0.643 bits per heavy atom. The summed E-state index contributed by atoms with van der Waals surface area (Å²) >= 11 is 0. The van der Waals surface area contributed by atoms with Gasteiger partial charge in [-0.15, -0.1) is 0 Å². The third-order valence-corrected chi connectivity index (χ3v) is 5.14. The van der Waals surface area contributed by atoms with E-state index >= 15 is 0 Å². The van der Waals surface area contributed by atoms with Crippen LogP contribution in [0.2, 0.25) is 0 Å². The van der Waals surface area contributed by atoms with E-state index in [4.69, 9.17) is 0 Å². The SMILES string of the molecule is CN(Cc1ccc(C(O)C(C)(C)C)cc1)Cc1ccc(C(O)C(C)(C)C)cc1. The number of aliphatic hydroxyl groups excluding tert-OH is 2. The summed E-state index contributed by atoms with van der Waals surface area (Å²) in [5.74, 6) is 0. The molecule has 2 rings (SSSR count). The van der Waals surface area contributed by atoms with Gasteiger partial charge in [0.25, 0.3) is 0 Å². The lowest BCUT2D eigenvalue weighted by atomic mass is 9.84. The van der Waals surface area contributed by atoms with Gasteiger partial charge < -0.3 is 10.2 Å². The van der Waals surface area contributed by atoms with Crippen molar-refractivity contribution in [1.82, 2.24) is 4.90 Å². The van der Waals surface area contributed by atoms with Gasteiger partial charge in [-0.25, -0.2) is 0 Å². The van der Waals surface area contributed by atoms with Crippen LogP contribution < -0.4 is 0 Å². The average Bonchev–Trinajstić information content (AvgIpc) is 2.60. The first-order chi connectivity index (χ1) is 12.9. The molecule has 0 aliphatic carbocycles. The van der Waals surface area contributed by atoms with Crippen molar-refractivity contribution in [2.75, 3.05) is 7.05 Å². The van der Waals surface area contributed by atoms with Gasteiger partial charge in [0.15, 0.2) is 0 Å². The second kappa shape index (κ2) is 8.77. The van der Waals surface area contributed by atoms with Crippen LogP contribution >= 0.6 is 0 Å². The van der Waals surface area contributed by atoms with Gasteiger partial charge in [0, 0.05) is 13.1 Å². The molecule has 0 amide bonds. The third-order valence-electron chi connectivity index (χ3n) is 5.14. The highest BCUT2D eigenvalue weighted by Gasteiger charge is 2.24. The number of hydrogen-bond donors (Lipinski definition) is 2. The highest BCUT2D eigenvalue weighted by molar-refractivity contribution is 5.27. The standard InChI is InChI=1S/C25H37NO2/c1-24(2,3)22(27)20-12-8-18(9-13-20)16-26(7)17-19-10-14-21(15-11-19)23(28)25(4,5)6/h8-15,22-23,27-28H,16-17H2,1-7H3. The fraction of sp³-hybridized carbons (Fsp3) is 0.520. The monoisotopic (exact) mass is 383 g/mol. The lowest BCUT2D eigenvalue weighted by molar-refractivity contribution is 0.0626. The summed E-state index contributed by atoms with van der Waals surface area (Å²) in [5.41, 5.74) is 4.06. The van der Waals surface area contributed by atoms with Crippen LogP contribution in [0.25, 0.3) is 0 Å². The Bertz CT molecular complexity index is 671. The van der Waals surface area contributed by atoms with Crippen molar-refractivity contribution < 1.29 is 10.2 Å². The van der Waals surface area contributed by atoms with Gasteiger partial charge in [-0.1, -0.05) is 90.1 Å². The zero-order valence-electron chi connectivity index (χ0n) is 18.5. The van der Waals surface area contributed by atoms with E-state index in [0.717, 1.165) is 24.2 Å². The van der Waals surface area contributed by atoms with E-state index in [0.29, 0.717) is 0 Å². The molecule has 0 heterocycles. The number of hydrogen-bond acceptors (Lipinski definition) is 3. The Hall–Kier alpha value is -1.68. The smallest absolute Gasteiger partial charge is 0.0838 e. The van der Waals surface area contributed by atoms with Gasteiger partial charge >= 0.3 is 0 Å². The normalized spacial score (nSPS) is 14.9. The van der Waals surface area contributed by atoms with Crippen molar-refractivity contribution in [3.8, 4) is 0 Å². The molecule has 0 bridgehead atoms. The first-order valence-electron chi connectivity index (χ1n) is 10.1. The van der Waals surface area contributed by atoms with Crippen LogP contribution in [-0.4, -0.2) is 22.2 Å². The van der Waals surface area contributed by atoms with Gasteiger partial charge in [0.2, 0.25) is 0 Å². The molecule has 0 aromatic heterocycles. The van der Waals surface area contributed by atoms with Crippen molar-refractivity contribution in [3.05, 3.63) is 70.8 Å².